The summed E-state index contributed by atoms with van der Waals surface area (Å²) in [4.78, 5) is 21.7. The van der Waals surface area contributed by atoms with Crippen molar-refractivity contribution in [2.75, 3.05) is 10.7 Å². The number of anilines is 2. The highest BCUT2D eigenvalue weighted by atomic mass is 35.5. The van der Waals surface area contributed by atoms with Crippen LogP contribution in [-0.2, 0) is 4.79 Å². The van der Waals surface area contributed by atoms with Gasteiger partial charge < -0.3 is 0 Å². The normalized spacial score (nSPS) is 12.7. The summed E-state index contributed by atoms with van der Waals surface area (Å²) in [5.74, 6) is 0.266. The first-order valence-corrected chi connectivity index (χ1v) is 12.0. The van der Waals surface area contributed by atoms with Gasteiger partial charge in [0.25, 0.3) is 0 Å². The topological polar surface area (TPSA) is 33.2 Å². The van der Waals surface area contributed by atoms with E-state index in [1.807, 2.05) is 60.7 Å². The number of thiazole rings is 1. The zero-order valence-electron chi connectivity index (χ0n) is 14.8. The van der Waals surface area contributed by atoms with Crippen LogP contribution < -0.4 is 4.90 Å². The maximum atomic E-state index is 13.3. The Kier molecular flexibility index (Phi) is 5.22. The lowest BCUT2D eigenvalue weighted by molar-refractivity contribution is -0.115. The van der Waals surface area contributed by atoms with Gasteiger partial charge in [0.1, 0.15) is 0 Å². The molecule has 1 aromatic heterocycles. The van der Waals surface area contributed by atoms with Gasteiger partial charge in [0.15, 0.2) is 4.34 Å². The van der Waals surface area contributed by atoms with Crippen LogP contribution in [0, 0.1) is 0 Å². The monoisotopic (exact) mass is 474 g/mol. The van der Waals surface area contributed by atoms with Crippen molar-refractivity contribution in [3.05, 3.63) is 70.7 Å². The van der Waals surface area contributed by atoms with Gasteiger partial charge in [-0.1, -0.05) is 58.9 Å². The summed E-state index contributed by atoms with van der Waals surface area (Å²) in [6.07, 6.45) is 0. The molecule has 1 aliphatic heterocycles. The van der Waals surface area contributed by atoms with Crippen molar-refractivity contribution >= 4 is 85.6 Å². The first-order valence-electron chi connectivity index (χ1n) is 8.67. The number of carbonyl (C=O) groups excluding carboxylic acids is 1. The number of carbonyl (C=O) groups is 1. The van der Waals surface area contributed by atoms with E-state index in [1.165, 1.54) is 11.8 Å². The molecule has 4 aromatic rings. The van der Waals surface area contributed by atoms with Crippen molar-refractivity contribution < 1.29 is 4.79 Å². The fraction of sp³-hybridized carbons (Fsp3) is 0.0476. The third-order valence-corrected chi connectivity index (χ3v) is 8.15. The van der Waals surface area contributed by atoms with Crippen molar-refractivity contribution in [1.29, 1.82) is 0 Å². The van der Waals surface area contributed by atoms with E-state index >= 15 is 0 Å². The van der Waals surface area contributed by atoms with Gasteiger partial charge in [0, 0.05) is 19.8 Å². The average Bonchev–Trinajstić information content (AvgIpc) is 3.12. The lowest BCUT2D eigenvalue weighted by atomic mass is 10.2. The first-order chi connectivity index (χ1) is 14.1. The Morgan fingerprint density at radius 2 is 1.72 bits per heavy atom. The van der Waals surface area contributed by atoms with Crippen LogP contribution in [0.4, 0.5) is 11.4 Å². The van der Waals surface area contributed by atoms with Crippen LogP contribution in [0.5, 0.6) is 0 Å². The minimum atomic E-state index is -0.0106. The van der Waals surface area contributed by atoms with Crippen molar-refractivity contribution in [1.82, 2.24) is 4.98 Å². The van der Waals surface area contributed by atoms with E-state index in [2.05, 4.69) is 4.98 Å². The first kappa shape index (κ1) is 19.3. The summed E-state index contributed by atoms with van der Waals surface area (Å²) < 4.78 is 1.91. The number of rotatable bonds is 3. The second-order valence-electron chi connectivity index (χ2n) is 6.29. The molecule has 0 bridgehead atoms. The van der Waals surface area contributed by atoms with Crippen LogP contribution in [0.3, 0.4) is 0 Å². The van der Waals surface area contributed by atoms with Crippen molar-refractivity contribution in [3.63, 3.8) is 0 Å². The van der Waals surface area contributed by atoms with Gasteiger partial charge in [-0.25, -0.2) is 4.98 Å². The molecule has 3 nitrogen and oxygen atoms in total. The second kappa shape index (κ2) is 7.85. The zero-order valence-corrected chi connectivity index (χ0v) is 18.7. The summed E-state index contributed by atoms with van der Waals surface area (Å²) in [6.45, 7) is 0. The largest absolute Gasteiger partial charge is 0.278 e. The van der Waals surface area contributed by atoms with Gasteiger partial charge >= 0.3 is 0 Å². The van der Waals surface area contributed by atoms with E-state index in [-0.39, 0.29) is 11.7 Å². The Balaban J connectivity index is 1.45. The molecule has 144 valence electrons. The lowest BCUT2D eigenvalue weighted by Crippen LogP contribution is -2.30. The van der Waals surface area contributed by atoms with E-state index < -0.39 is 0 Å². The molecule has 0 spiro atoms. The number of aromatic nitrogens is 1. The Morgan fingerprint density at radius 3 is 2.62 bits per heavy atom. The minimum absolute atomic E-state index is 0.0106. The molecular weight excluding hydrogens is 463 g/mol. The molecule has 0 radical (unpaired) electrons. The third-order valence-electron chi connectivity index (χ3n) is 4.39. The molecule has 1 amide bonds. The molecule has 0 atom stereocenters. The van der Waals surface area contributed by atoms with Crippen molar-refractivity contribution in [2.24, 2.45) is 0 Å². The number of benzene rings is 3. The van der Waals surface area contributed by atoms with Gasteiger partial charge in [0.2, 0.25) is 5.91 Å². The number of thioether (sulfide) groups is 1. The number of hydrogen-bond acceptors (Lipinski definition) is 5. The highest BCUT2D eigenvalue weighted by Gasteiger charge is 2.28. The van der Waals surface area contributed by atoms with Crippen LogP contribution in [0.15, 0.2) is 74.8 Å². The Morgan fingerprint density at radius 1 is 0.966 bits per heavy atom. The third kappa shape index (κ3) is 3.76. The van der Waals surface area contributed by atoms with E-state index in [0.29, 0.717) is 10.0 Å². The summed E-state index contributed by atoms with van der Waals surface area (Å²) >= 11 is 16.9. The van der Waals surface area contributed by atoms with E-state index in [0.717, 1.165) is 35.7 Å². The zero-order chi connectivity index (χ0) is 20.0. The highest BCUT2D eigenvalue weighted by molar-refractivity contribution is 8.01. The van der Waals surface area contributed by atoms with Gasteiger partial charge in [-0.05, 0) is 48.5 Å². The van der Waals surface area contributed by atoms with Gasteiger partial charge in [-0.2, -0.15) is 0 Å². The van der Waals surface area contributed by atoms with Crippen molar-refractivity contribution in [3.8, 4) is 0 Å². The molecular formula is C21H12Cl2N2OS3. The number of amides is 1. The minimum Gasteiger partial charge on any atom is -0.278 e. The summed E-state index contributed by atoms with van der Waals surface area (Å²) in [5, 5.41) is 1.27. The maximum absolute atomic E-state index is 13.3. The van der Waals surface area contributed by atoms with Crippen LogP contribution in [-0.4, -0.2) is 16.6 Å². The smallest absolute Gasteiger partial charge is 0.242 e. The summed E-state index contributed by atoms with van der Waals surface area (Å²) in [5.41, 5.74) is 2.56. The Hall–Kier alpha value is -1.70. The molecule has 0 saturated heterocycles. The predicted molar refractivity (Wildman–Crippen MR) is 125 cm³/mol. The lowest BCUT2D eigenvalue weighted by Gasteiger charge is -2.31. The fourth-order valence-corrected chi connectivity index (χ4v) is 6.39. The standard InChI is InChI=1S/C21H12Cl2N2OS3/c22-12-5-7-17-14(9-12)24-21(29-17)27-11-20(26)25-15-3-1-2-4-18(15)28-19-8-6-13(23)10-16(19)25/h1-10H,11H2. The fourth-order valence-electron chi connectivity index (χ4n) is 3.13. The molecule has 1 aliphatic rings. The van der Waals surface area contributed by atoms with E-state index in [4.69, 9.17) is 23.2 Å². The molecule has 2 heterocycles. The predicted octanol–water partition coefficient (Wildman–Crippen LogP) is 7.52. The van der Waals surface area contributed by atoms with Gasteiger partial charge in [-0.3, -0.25) is 9.69 Å². The average molecular weight is 475 g/mol. The van der Waals surface area contributed by atoms with E-state index in [9.17, 15) is 4.79 Å². The molecule has 29 heavy (non-hydrogen) atoms. The highest BCUT2D eigenvalue weighted by Crippen LogP contribution is 2.49. The quantitative estimate of drug-likeness (QED) is 0.287. The molecule has 0 N–H and O–H groups in total. The second-order valence-corrected chi connectivity index (χ2v) is 10.5. The van der Waals surface area contributed by atoms with Crippen LogP contribution in [0.25, 0.3) is 10.2 Å². The molecule has 0 fully saturated rings. The SMILES string of the molecule is O=C(CSc1nc2cc(Cl)ccc2s1)N1c2ccccc2Sc2ccc(Cl)cc21. The Bertz CT molecular complexity index is 1260. The van der Waals surface area contributed by atoms with Crippen molar-refractivity contribution in [2.45, 2.75) is 14.1 Å². The van der Waals surface area contributed by atoms with Crippen LogP contribution >= 0.6 is 58.1 Å². The molecule has 0 saturated carbocycles. The Labute approximate surface area is 190 Å². The maximum Gasteiger partial charge on any atom is 0.242 e. The van der Waals surface area contributed by atoms with E-state index in [1.54, 1.807) is 28.0 Å². The molecule has 3 aromatic carbocycles. The number of halogens is 2. The van der Waals surface area contributed by atoms with Gasteiger partial charge in [-0.15, -0.1) is 11.3 Å². The van der Waals surface area contributed by atoms with Crippen LogP contribution in [0.2, 0.25) is 10.0 Å². The molecule has 0 unspecified atom stereocenters. The molecule has 0 aliphatic carbocycles. The van der Waals surface area contributed by atoms with Gasteiger partial charge in [0.05, 0.1) is 27.3 Å². The summed E-state index contributed by atoms with van der Waals surface area (Å²) in [6, 6.07) is 19.2. The summed E-state index contributed by atoms with van der Waals surface area (Å²) in [7, 11) is 0. The molecule has 8 heteroatoms. The molecule has 5 rings (SSSR count). The van der Waals surface area contributed by atoms with Crippen LogP contribution in [0.1, 0.15) is 0 Å². The number of nitrogens with zero attached hydrogens (tertiary/aromatic N) is 2. The number of hydrogen-bond donors (Lipinski definition) is 0. The number of fused-ring (bicyclic) bond motifs is 3. The number of para-hydroxylation sites is 1.